The van der Waals surface area contributed by atoms with E-state index in [1.54, 1.807) is 20.9 Å². The number of halogens is 1. The molecule has 0 fully saturated rings. The van der Waals surface area contributed by atoms with Crippen LogP contribution < -0.4 is 5.32 Å². The van der Waals surface area contributed by atoms with Crippen molar-refractivity contribution in [2.45, 2.75) is 13.8 Å². The highest BCUT2D eigenvalue weighted by Crippen LogP contribution is 2.18. The molecule has 0 saturated carbocycles. The van der Waals surface area contributed by atoms with Crippen molar-refractivity contribution in [3.8, 4) is 0 Å². The summed E-state index contributed by atoms with van der Waals surface area (Å²) >= 11 is 5.66. The number of hydrogen-bond acceptors (Lipinski definition) is 3. The number of aryl methyl sites for hydroxylation is 1. The lowest BCUT2D eigenvalue weighted by Crippen LogP contribution is -2.33. The van der Waals surface area contributed by atoms with E-state index in [0.717, 1.165) is 0 Å². The minimum atomic E-state index is -0.604. The molecule has 0 aliphatic rings. The van der Waals surface area contributed by atoms with Crippen molar-refractivity contribution in [1.82, 2.24) is 14.8 Å². The summed E-state index contributed by atoms with van der Waals surface area (Å²) in [4.78, 5) is 15.5. The summed E-state index contributed by atoms with van der Waals surface area (Å²) in [6, 6.07) is 0. The molecule has 0 aromatic carbocycles. The zero-order valence-electron chi connectivity index (χ0n) is 8.41. The molecule has 0 spiro atoms. The summed E-state index contributed by atoms with van der Waals surface area (Å²) in [7, 11) is 1.70. The molecule has 1 heterocycles. The molecule has 78 valence electrons. The van der Waals surface area contributed by atoms with Crippen molar-refractivity contribution in [3.63, 3.8) is 0 Å². The van der Waals surface area contributed by atoms with Gasteiger partial charge >= 0.3 is 0 Å². The van der Waals surface area contributed by atoms with E-state index in [-0.39, 0.29) is 11.8 Å². The second-order valence-corrected chi connectivity index (χ2v) is 3.95. The molecule has 1 N–H and O–H groups in total. The highest BCUT2D eigenvalue weighted by Gasteiger charge is 2.27. The van der Waals surface area contributed by atoms with E-state index in [1.165, 1.54) is 11.0 Å². The van der Waals surface area contributed by atoms with E-state index in [0.29, 0.717) is 5.95 Å². The molecule has 0 saturated heterocycles. The first-order chi connectivity index (χ1) is 6.47. The van der Waals surface area contributed by atoms with E-state index in [2.05, 4.69) is 15.4 Å². The largest absolute Gasteiger partial charge is 0.294 e. The lowest BCUT2D eigenvalue weighted by atomic mass is 9.95. The average Bonchev–Trinajstić information content (AvgIpc) is 2.52. The number of hydrogen-bond donors (Lipinski definition) is 1. The molecule has 1 aromatic heterocycles. The van der Waals surface area contributed by atoms with Crippen LogP contribution in [0.15, 0.2) is 6.33 Å². The zero-order chi connectivity index (χ0) is 10.8. The Hall–Kier alpha value is -1.10. The maximum absolute atomic E-state index is 11.6. The van der Waals surface area contributed by atoms with E-state index in [4.69, 9.17) is 11.6 Å². The minimum absolute atomic E-state index is 0.163. The highest BCUT2D eigenvalue weighted by atomic mass is 35.5. The van der Waals surface area contributed by atoms with Crippen LogP contribution in [0.4, 0.5) is 5.95 Å². The topological polar surface area (TPSA) is 59.8 Å². The number of aromatic nitrogens is 3. The molecule has 0 unspecified atom stereocenters. The van der Waals surface area contributed by atoms with Crippen LogP contribution in [0.25, 0.3) is 0 Å². The molecule has 5 nitrogen and oxygen atoms in total. The molecule has 6 heteroatoms. The van der Waals surface area contributed by atoms with Crippen LogP contribution in [0.5, 0.6) is 0 Å². The lowest BCUT2D eigenvalue weighted by Gasteiger charge is -2.19. The molecule has 1 amide bonds. The number of carbonyl (C=O) groups is 1. The molecule has 0 aliphatic carbocycles. The van der Waals surface area contributed by atoms with Crippen LogP contribution >= 0.6 is 11.6 Å². The van der Waals surface area contributed by atoms with Gasteiger partial charge in [0.15, 0.2) is 0 Å². The van der Waals surface area contributed by atoms with Gasteiger partial charge in [0.1, 0.15) is 6.33 Å². The van der Waals surface area contributed by atoms with Gasteiger partial charge in [0.2, 0.25) is 11.9 Å². The van der Waals surface area contributed by atoms with Gasteiger partial charge in [-0.05, 0) is 13.8 Å². The normalized spacial score (nSPS) is 11.4. The first-order valence-corrected chi connectivity index (χ1v) is 4.72. The number of nitrogens with one attached hydrogen (secondary N) is 1. The average molecular weight is 217 g/mol. The predicted octanol–water partition coefficient (Wildman–Crippen LogP) is 1.02. The SMILES string of the molecule is Cn1ncnc1NC(=O)C(C)(C)CCl. The summed E-state index contributed by atoms with van der Waals surface area (Å²) in [6.07, 6.45) is 1.38. The van der Waals surface area contributed by atoms with Crippen molar-refractivity contribution in [2.75, 3.05) is 11.2 Å². The van der Waals surface area contributed by atoms with Crippen LogP contribution in [-0.4, -0.2) is 26.6 Å². The molecule has 0 radical (unpaired) electrons. The van der Waals surface area contributed by atoms with Crippen LogP contribution in [-0.2, 0) is 11.8 Å². The van der Waals surface area contributed by atoms with E-state index in [9.17, 15) is 4.79 Å². The van der Waals surface area contributed by atoms with Crippen molar-refractivity contribution < 1.29 is 4.79 Å². The van der Waals surface area contributed by atoms with Gasteiger partial charge in [-0.1, -0.05) is 0 Å². The Morgan fingerprint density at radius 3 is 2.79 bits per heavy atom. The molecule has 0 aliphatic heterocycles. The molecular weight excluding hydrogens is 204 g/mol. The van der Waals surface area contributed by atoms with Gasteiger partial charge in [-0.2, -0.15) is 10.1 Å². The van der Waals surface area contributed by atoms with Gasteiger partial charge in [0, 0.05) is 12.9 Å². The Labute approximate surface area is 87.5 Å². The Bertz CT molecular complexity index is 334. The summed E-state index contributed by atoms with van der Waals surface area (Å²) in [6.45, 7) is 3.54. The smallest absolute Gasteiger partial charge is 0.233 e. The third kappa shape index (κ3) is 2.23. The third-order valence-electron chi connectivity index (χ3n) is 1.89. The Balaban J connectivity index is 2.71. The van der Waals surface area contributed by atoms with Gasteiger partial charge in [-0.25, -0.2) is 4.68 Å². The van der Waals surface area contributed by atoms with Gasteiger partial charge < -0.3 is 0 Å². The van der Waals surface area contributed by atoms with E-state index < -0.39 is 5.41 Å². The van der Waals surface area contributed by atoms with Crippen LogP contribution in [0, 0.1) is 5.41 Å². The van der Waals surface area contributed by atoms with Crippen molar-refractivity contribution >= 4 is 23.5 Å². The summed E-state index contributed by atoms with van der Waals surface area (Å²) in [5.41, 5.74) is -0.604. The Morgan fingerprint density at radius 1 is 1.71 bits per heavy atom. The Morgan fingerprint density at radius 2 is 2.36 bits per heavy atom. The highest BCUT2D eigenvalue weighted by molar-refractivity contribution is 6.20. The molecule has 1 rings (SSSR count). The summed E-state index contributed by atoms with van der Waals surface area (Å²) in [5.74, 6) is 0.522. The van der Waals surface area contributed by atoms with Gasteiger partial charge in [0.05, 0.1) is 5.41 Å². The first kappa shape index (κ1) is 11.0. The van der Waals surface area contributed by atoms with E-state index >= 15 is 0 Å². The minimum Gasteiger partial charge on any atom is -0.294 e. The van der Waals surface area contributed by atoms with Crippen molar-refractivity contribution in [1.29, 1.82) is 0 Å². The van der Waals surface area contributed by atoms with Crippen molar-refractivity contribution in [3.05, 3.63) is 6.33 Å². The van der Waals surface area contributed by atoms with Crippen molar-refractivity contribution in [2.24, 2.45) is 12.5 Å². The number of amides is 1. The standard InChI is InChI=1S/C8H13ClN4O/c1-8(2,4-9)6(14)12-7-10-5-11-13(7)3/h5H,4H2,1-3H3,(H,10,11,12,14). The second-order valence-electron chi connectivity index (χ2n) is 3.68. The monoisotopic (exact) mass is 216 g/mol. The van der Waals surface area contributed by atoms with Crippen LogP contribution in [0.2, 0.25) is 0 Å². The number of anilines is 1. The van der Waals surface area contributed by atoms with E-state index in [1.807, 2.05) is 0 Å². The molecular formula is C8H13ClN4O. The maximum atomic E-state index is 11.6. The molecule has 14 heavy (non-hydrogen) atoms. The lowest BCUT2D eigenvalue weighted by molar-refractivity contribution is -0.123. The van der Waals surface area contributed by atoms with Crippen LogP contribution in [0.1, 0.15) is 13.8 Å². The summed E-state index contributed by atoms with van der Waals surface area (Å²) in [5, 5.41) is 6.48. The van der Waals surface area contributed by atoms with Crippen LogP contribution in [0.3, 0.4) is 0 Å². The zero-order valence-corrected chi connectivity index (χ0v) is 9.17. The molecule has 1 aromatic rings. The number of rotatable bonds is 3. The number of nitrogens with zero attached hydrogens (tertiary/aromatic N) is 3. The quantitative estimate of drug-likeness (QED) is 0.768. The van der Waals surface area contributed by atoms with Gasteiger partial charge in [-0.15, -0.1) is 11.6 Å². The fourth-order valence-corrected chi connectivity index (χ4v) is 0.862. The Kier molecular flexibility index (Phi) is 3.10. The number of carbonyl (C=O) groups excluding carboxylic acids is 1. The second kappa shape index (κ2) is 3.96. The first-order valence-electron chi connectivity index (χ1n) is 4.19. The fraction of sp³-hybridized carbons (Fsp3) is 0.625. The third-order valence-corrected chi connectivity index (χ3v) is 2.55. The van der Waals surface area contributed by atoms with Gasteiger partial charge in [-0.3, -0.25) is 10.1 Å². The molecule has 0 atom stereocenters. The summed E-state index contributed by atoms with van der Waals surface area (Å²) < 4.78 is 1.49. The van der Waals surface area contributed by atoms with Gasteiger partial charge in [0.25, 0.3) is 0 Å². The molecule has 0 bridgehead atoms. The number of alkyl halides is 1. The maximum Gasteiger partial charge on any atom is 0.233 e. The predicted molar refractivity (Wildman–Crippen MR) is 54.1 cm³/mol. The fourth-order valence-electron chi connectivity index (χ4n) is 0.741.